The minimum Gasteiger partial charge on any atom is -0.444 e. The molecule has 2 amide bonds. The Balaban J connectivity index is 1.76. The highest BCUT2D eigenvalue weighted by Gasteiger charge is 2.58. The Hall–Kier alpha value is -2.88. The molecule has 2 aliphatic rings. The Labute approximate surface area is 240 Å². The summed E-state index contributed by atoms with van der Waals surface area (Å²) in [5.74, 6) is 0. The van der Waals surface area contributed by atoms with E-state index in [0.29, 0.717) is 6.54 Å². The molecule has 9 heteroatoms. The number of nitrogens with zero attached hydrogens (tertiary/aromatic N) is 2. The van der Waals surface area contributed by atoms with Gasteiger partial charge in [-0.1, -0.05) is 81.4 Å². The first kappa shape index (κ1) is 30.1. The maximum atomic E-state index is 13.5. The van der Waals surface area contributed by atoms with E-state index >= 15 is 0 Å². The van der Waals surface area contributed by atoms with Gasteiger partial charge < -0.3 is 13.9 Å². The number of nitrogens with one attached hydrogen (secondary N) is 1. The van der Waals surface area contributed by atoms with Crippen molar-refractivity contribution in [2.45, 2.75) is 96.7 Å². The topological polar surface area (TPSA) is 80.3 Å². The Kier molecular flexibility index (Phi) is 8.15. The number of likely N-dealkylation sites (tertiary alicyclic amines) is 1. The van der Waals surface area contributed by atoms with Crippen molar-refractivity contribution in [3.05, 3.63) is 60.7 Å². The third kappa shape index (κ3) is 6.21. The second kappa shape index (κ2) is 10.8. The third-order valence-electron chi connectivity index (χ3n) is 7.25. The van der Waals surface area contributed by atoms with E-state index in [1.54, 1.807) is 4.90 Å². The second-order valence-corrected chi connectivity index (χ2v) is 18.0. The zero-order valence-electron chi connectivity index (χ0n) is 25.4. The molecule has 3 atom stereocenters. The molecule has 2 heterocycles. The highest BCUT2D eigenvalue weighted by molar-refractivity contribution is 6.99. The highest BCUT2D eigenvalue weighted by Crippen LogP contribution is 2.40. The number of benzene rings is 2. The van der Waals surface area contributed by atoms with Crippen LogP contribution in [0.15, 0.2) is 60.7 Å². The summed E-state index contributed by atoms with van der Waals surface area (Å²) in [6.45, 7) is 18.4. The molecule has 218 valence electrons. The van der Waals surface area contributed by atoms with Gasteiger partial charge in [-0.25, -0.2) is 20.0 Å². The highest BCUT2D eigenvalue weighted by atomic mass is 28.4. The van der Waals surface area contributed by atoms with Crippen LogP contribution in [-0.2, 0) is 13.9 Å². The van der Waals surface area contributed by atoms with Crippen LogP contribution in [0.2, 0.25) is 5.04 Å². The fourth-order valence-electron chi connectivity index (χ4n) is 5.69. The van der Waals surface area contributed by atoms with Crippen molar-refractivity contribution in [2.75, 3.05) is 13.1 Å². The third-order valence-corrected chi connectivity index (χ3v) is 12.3. The van der Waals surface area contributed by atoms with E-state index in [1.165, 1.54) is 5.01 Å². The number of hydrogen-bond donors (Lipinski definition) is 1. The molecule has 0 saturated carbocycles. The fraction of sp³-hybridized carbons (Fsp3) is 0.548. The average Bonchev–Trinajstić information content (AvgIpc) is 3.41. The fourth-order valence-corrected chi connectivity index (χ4v) is 10.4. The van der Waals surface area contributed by atoms with E-state index in [0.717, 1.165) is 10.4 Å². The van der Waals surface area contributed by atoms with E-state index in [1.807, 2.05) is 53.7 Å². The molecular formula is C31H45N3O5Si. The standard InChI is InChI=1S/C31H45N3O5Si/c1-29(2,3)37-27(35)33-21-25(26-24(33)20-34(32-26)28(36)38-30(4,5)6)39-40(31(7,8)9,22-16-12-10-13-17-22)23-18-14-11-15-19-23/h10-19,24-26,32H,20-21H2,1-9H3. The predicted octanol–water partition coefficient (Wildman–Crippen LogP) is 4.67. The Bertz CT molecular complexity index is 1150. The maximum absolute atomic E-state index is 13.5. The van der Waals surface area contributed by atoms with Gasteiger partial charge in [0.15, 0.2) is 0 Å². The lowest BCUT2D eigenvalue weighted by Crippen LogP contribution is -2.69. The van der Waals surface area contributed by atoms with Crippen molar-refractivity contribution in [1.82, 2.24) is 15.3 Å². The molecule has 2 aliphatic heterocycles. The lowest BCUT2D eigenvalue weighted by atomic mass is 10.1. The van der Waals surface area contributed by atoms with Gasteiger partial charge >= 0.3 is 12.2 Å². The average molecular weight is 568 g/mol. The van der Waals surface area contributed by atoms with Crippen molar-refractivity contribution >= 4 is 30.9 Å². The molecule has 0 bridgehead atoms. The Morgan fingerprint density at radius 2 is 1.23 bits per heavy atom. The van der Waals surface area contributed by atoms with Crippen LogP contribution in [0.5, 0.6) is 0 Å². The molecule has 1 N–H and O–H groups in total. The molecule has 3 unspecified atom stereocenters. The molecule has 0 radical (unpaired) electrons. The minimum atomic E-state index is -2.93. The van der Waals surface area contributed by atoms with Crippen LogP contribution in [-0.4, -0.2) is 72.9 Å². The van der Waals surface area contributed by atoms with Gasteiger partial charge in [-0.15, -0.1) is 0 Å². The summed E-state index contributed by atoms with van der Waals surface area (Å²) in [6, 6.07) is 20.2. The van der Waals surface area contributed by atoms with Crippen molar-refractivity contribution in [2.24, 2.45) is 0 Å². The van der Waals surface area contributed by atoms with E-state index < -0.39 is 37.8 Å². The van der Waals surface area contributed by atoms with E-state index in [4.69, 9.17) is 13.9 Å². The quantitative estimate of drug-likeness (QED) is 0.541. The molecule has 0 spiro atoms. The SMILES string of the molecule is CC(C)(C)OC(=O)N1CC2C(N1)C(O[Si](c1ccccc1)(c1ccccc1)C(C)(C)C)CN2C(=O)OC(C)(C)C. The van der Waals surface area contributed by atoms with Gasteiger partial charge in [0.1, 0.15) is 11.2 Å². The van der Waals surface area contributed by atoms with Crippen LogP contribution in [0.3, 0.4) is 0 Å². The summed E-state index contributed by atoms with van der Waals surface area (Å²) in [5, 5.41) is 3.54. The minimum absolute atomic E-state index is 0.242. The number of rotatable bonds is 4. The van der Waals surface area contributed by atoms with Gasteiger partial charge in [-0.3, -0.25) is 4.90 Å². The summed E-state index contributed by atoms with van der Waals surface area (Å²) in [7, 11) is -2.93. The molecule has 2 aromatic rings. The van der Waals surface area contributed by atoms with Gasteiger partial charge in [0.25, 0.3) is 8.32 Å². The number of fused-ring (bicyclic) bond motifs is 1. The molecular weight excluding hydrogens is 522 g/mol. The van der Waals surface area contributed by atoms with Crippen LogP contribution in [0.4, 0.5) is 9.59 Å². The molecule has 2 saturated heterocycles. The van der Waals surface area contributed by atoms with Crippen molar-refractivity contribution in [1.29, 1.82) is 0 Å². The lowest BCUT2D eigenvalue weighted by Gasteiger charge is -2.45. The Morgan fingerprint density at radius 3 is 1.68 bits per heavy atom. The molecule has 2 aromatic carbocycles. The molecule has 0 aromatic heterocycles. The number of ether oxygens (including phenoxy) is 2. The second-order valence-electron chi connectivity index (χ2n) is 13.8. The van der Waals surface area contributed by atoms with Gasteiger partial charge in [0, 0.05) is 0 Å². The van der Waals surface area contributed by atoms with Gasteiger partial charge in [0.05, 0.1) is 31.3 Å². The van der Waals surface area contributed by atoms with Crippen LogP contribution in [0, 0.1) is 0 Å². The van der Waals surface area contributed by atoms with E-state index in [2.05, 4.69) is 74.7 Å². The predicted molar refractivity (Wildman–Crippen MR) is 159 cm³/mol. The van der Waals surface area contributed by atoms with Crippen LogP contribution < -0.4 is 15.8 Å². The lowest BCUT2D eigenvalue weighted by molar-refractivity contribution is 0.00831. The van der Waals surface area contributed by atoms with E-state index in [9.17, 15) is 9.59 Å². The zero-order valence-corrected chi connectivity index (χ0v) is 26.4. The number of hydrazine groups is 1. The van der Waals surface area contributed by atoms with Crippen molar-refractivity contribution < 1.29 is 23.5 Å². The Morgan fingerprint density at radius 1 is 0.750 bits per heavy atom. The molecule has 4 rings (SSSR count). The summed E-state index contributed by atoms with van der Waals surface area (Å²) in [6.07, 6.45) is -1.28. The number of amides is 2. The normalized spacial score (nSPS) is 21.8. The van der Waals surface area contributed by atoms with Gasteiger partial charge in [0.2, 0.25) is 0 Å². The smallest absolute Gasteiger partial charge is 0.424 e. The first-order valence-electron chi connectivity index (χ1n) is 14.1. The van der Waals surface area contributed by atoms with Crippen molar-refractivity contribution in [3.63, 3.8) is 0 Å². The monoisotopic (exact) mass is 567 g/mol. The van der Waals surface area contributed by atoms with Gasteiger partial charge in [-0.05, 0) is 57.0 Å². The van der Waals surface area contributed by atoms with Crippen LogP contribution >= 0.6 is 0 Å². The number of hydrogen-bond acceptors (Lipinski definition) is 6. The number of carbonyl (C=O) groups is 2. The largest absolute Gasteiger partial charge is 0.444 e. The molecule has 0 aliphatic carbocycles. The van der Waals surface area contributed by atoms with Crippen LogP contribution in [0.25, 0.3) is 0 Å². The maximum Gasteiger partial charge on any atom is 0.424 e. The molecule has 2 fully saturated rings. The first-order valence-corrected chi connectivity index (χ1v) is 16.0. The first-order chi connectivity index (χ1) is 18.5. The van der Waals surface area contributed by atoms with E-state index in [-0.39, 0.29) is 23.7 Å². The summed E-state index contributed by atoms with van der Waals surface area (Å²) >= 11 is 0. The molecule has 8 nitrogen and oxygen atoms in total. The number of carbonyl (C=O) groups excluding carboxylic acids is 2. The van der Waals surface area contributed by atoms with Gasteiger partial charge in [-0.2, -0.15) is 0 Å². The summed E-state index contributed by atoms with van der Waals surface area (Å²) < 4.78 is 18.9. The molecule has 40 heavy (non-hydrogen) atoms. The summed E-state index contributed by atoms with van der Waals surface area (Å²) in [4.78, 5) is 28.2. The van der Waals surface area contributed by atoms with Crippen molar-refractivity contribution in [3.8, 4) is 0 Å². The summed E-state index contributed by atoms with van der Waals surface area (Å²) in [5.41, 5.74) is 2.06. The zero-order chi connectivity index (χ0) is 29.5. The van der Waals surface area contributed by atoms with Crippen LogP contribution in [0.1, 0.15) is 62.3 Å².